The second-order valence-electron chi connectivity index (χ2n) is 0.875. The Bertz CT molecular complexity index is 67.1. The molecule has 0 radical (unpaired) electrons. The van der Waals surface area contributed by atoms with Crippen molar-refractivity contribution in [2.45, 2.75) is 0 Å². The van der Waals surface area contributed by atoms with E-state index in [0.29, 0.717) is 0 Å². The summed E-state index contributed by atoms with van der Waals surface area (Å²) in [7, 11) is -10.5. The Kier molecular flexibility index (Phi) is 2.60. The van der Waals surface area contributed by atoms with Crippen LogP contribution in [0.3, 0.4) is 0 Å². The van der Waals surface area contributed by atoms with Gasteiger partial charge in [-0.25, -0.2) is 0 Å². The van der Waals surface area contributed by atoms with Gasteiger partial charge in [0.25, 0.3) is 0 Å². The number of hydrogen-bond donors (Lipinski definition) is 0. The van der Waals surface area contributed by atoms with Crippen LogP contribution in [0.15, 0.2) is 0 Å². The summed E-state index contributed by atoms with van der Waals surface area (Å²) < 4.78 is 59.1. The smallest absolute Gasteiger partial charge is 0.0719 e. The Labute approximate surface area is 78.5 Å². The molecule has 56 valence electrons. The monoisotopic (exact) mass is 230 g/mol. The van der Waals surface area contributed by atoms with Crippen molar-refractivity contribution in [3.63, 3.8) is 0 Å². The van der Waals surface area contributed by atoms with Crippen LogP contribution in [0.5, 0.6) is 0 Å². The Balaban J connectivity index is 0. The minimum absolute atomic E-state index is 0. The third-order valence-corrected chi connectivity index (χ3v) is 0. The van der Waals surface area contributed by atoms with Crippen molar-refractivity contribution in [3.05, 3.63) is 0 Å². The molecule has 0 nitrogen and oxygen atoms in total. The van der Waals surface area contributed by atoms with Gasteiger partial charge in [0.2, 0.25) is 0 Å². The molecule has 0 saturated heterocycles. The van der Waals surface area contributed by atoms with Crippen LogP contribution in [0.1, 0.15) is 0 Å². The molecular formula is F6KrS. The first-order valence-corrected chi connectivity index (χ1v) is 2.78. The zero-order chi connectivity index (χ0) is 6.41. The van der Waals surface area contributed by atoms with Crippen LogP contribution in [-0.2, 0) is 0 Å². The first kappa shape index (κ1) is 12.1. The van der Waals surface area contributed by atoms with Gasteiger partial charge in [-0.05, 0) is 0 Å². The van der Waals surface area contributed by atoms with E-state index in [1.165, 1.54) is 0 Å². The van der Waals surface area contributed by atoms with Gasteiger partial charge in [0.05, 0.1) is 0 Å². The molecule has 0 aliphatic rings. The fourth-order valence-corrected chi connectivity index (χ4v) is 0. The van der Waals surface area contributed by atoms with E-state index >= 15 is 0 Å². The fourth-order valence-electron chi connectivity index (χ4n) is 0. The molecule has 0 spiro atoms. The molecule has 0 atom stereocenters. The summed E-state index contributed by atoms with van der Waals surface area (Å²) in [5.41, 5.74) is 0. The van der Waals surface area contributed by atoms with Gasteiger partial charge in [0.15, 0.2) is 0 Å². The van der Waals surface area contributed by atoms with Crippen LogP contribution in [0.2, 0.25) is 0 Å². The Morgan fingerprint density at radius 3 is 0.625 bits per heavy atom. The van der Waals surface area contributed by atoms with Gasteiger partial charge in [-0.2, -0.15) is 0 Å². The van der Waals surface area contributed by atoms with Crippen molar-refractivity contribution in [1.82, 2.24) is 0 Å². The minimum Gasteiger partial charge on any atom is -0.0719 e. The predicted molar refractivity (Wildman–Crippen MR) is 14.2 cm³/mol. The first-order valence-electron chi connectivity index (χ1n) is 0.926. The molecule has 0 rings (SSSR count). The molecule has 0 unspecified atom stereocenters. The molecule has 0 aromatic carbocycles. The van der Waals surface area contributed by atoms with Crippen LogP contribution >= 0.6 is 10.6 Å². The maximum atomic E-state index is 9.85. The topological polar surface area (TPSA) is 0 Å². The van der Waals surface area contributed by atoms with E-state index in [0.717, 1.165) is 0 Å². The van der Waals surface area contributed by atoms with Crippen molar-refractivity contribution in [3.8, 4) is 0 Å². The van der Waals surface area contributed by atoms with Crippen LogP contribution in [0.4, 0.5) is 23.3 Å². The molecule has 0 aliphatic heterocycles. The summed E-state index contributed by atoms with van der Waals surface area (Å²) >= 11 is 0. The van der Waals surface area contributed by atoms with Crippen molar-refractivity contribution in [2.75, 3.05) is 0 Å². The standard InChI is InChI=1S/F6S.Kr/c1-7(2,3,4,5)6;. The third-order valence-electron chi connectivity index (χ3n) is 0. The van der Waals surface area contributed by atoms with Crippen molar-refractivity contribution >= 4 is 10.6 Å². The summed E-state index contributed by atoms with van der Waals surface area (Å²) in [5, 5.41) is 0. The molecule has 0 fully saturated rings. The number of hydrogen-bond acceptors (Lipinski definition) is 0. The van der Waals surface area contributed by atoms with Crippen LogP contribution in [0.25, 0.3) is 0 Å². The zero-order valence-electron chi connectivity index (χ0n) is 3.03. The maximum absolute atomic E-state index is 10.5. The van der Waals surface area contributed by atoms with Gasteiger partial charge in [-0.1, -0.05) is 23.3 Å². The van der Waals surface area contributed by atoms with Crippen molar-refractivity contribution in [1.29, 1.82) is 0 Å². The summed E-state index contributed by atoms with van der Waals surface area (Å²) in [6.07, 6.45) is 0. The van der Waals surface area contributed by atoms with Gasteiger partial charge in [-0.3, -0.25) is 0 Å². The average molecular weight is 230 g/mol. The molecule has 0 N–H and O–H groups in total. The van der Waals surface area contributed by atoms with Crippen LogP contribution < -0.4 is 0 Å². The van der Waals surface area contributed by atoms with Gasteiger partial charge in [0, 0.05) is 45.5 Å². The molecule has 0 heterocycles. The zero-order valence-corrected chi connectivity index (χ0v) is 5.33. The molecule has 0 aliphatic carbocycles. The largest absolute Gasteiger partial charge is 0.431 e. The predicted octanol–water partition coefficient (Wildman–Crippen LogP) is 3.17. The summed E-state index contributed by atoms with van der Waals surface area (Å²) in [5.74, 6) is 0. The second-order valence-corrected chi connectivity index (χ2v) is 2.62. The van der Waals surface area contributed by atoms with E-state index in [9.17, 15) is 23.3 Å². The van der Waals surface area contributed by atoms with E-state index in [4.69, 9.17) is 0 Å². The minimum atomic E-state index is -10.5. The van der Waals surface area contributed by atoms with E-state index in [2.05, 4.69) is 0 Å². The van der Waals surface area contributed by atoms with Crippen molar-refractivity contribution < 1.29 is 68.8 Å². The third kappa shape index (κ3) is 153. The van der Waals surface area contributed by atoms with E-state index in [1.54, 1.807) is 0 Å². The van der Waals surface area contributed by atoms with E-state index in [-0.39, 0.29) is 45.5 Å². The molecular weight excluding hydrogens is 230 g/mol. The van der Waals surface area contributed by atoms with Gasteiger partial charge >= 0.3 is 10.6 Å². The second kappa shape index (κ2) is 1.72. The normalized spacial score (nSPS) is 20.2. The molecule has 0 aromatic heterocycles. The summed E-state index contributed by atoms with van der Waals surface area (Å²) in [6.45, 7) is 0. The molecule has 0 aromatic rings. The summed E-state index contributed by atoms with van der Waals surface area (Å²) in [4.78, 5) is 0. The Morgan fingerprint density at radius 2 is 0.625 bits per heavy atom. The van der Waals surface area contributed by atoms with Crippen molar-refractivity contribution in [2.24, 2.45) is 0 Å². The van der Waals surface area contributed by atoms with Crippen LogP contribution in [-0.4, -0.2) is 0 Å². The van der Waals surface area contributed by atoms with E-state index < -0.39 is 10.6 Å². The SMILES string of the molecule is FS(F)(F)(F)(F)F.[Kr]. The maximum Gasteiger partial charge on any atom is 0.431 e. The first-order chi connectivity index (χ1) is 2.45. The molecule has 0 bridgehead atoms. The van der Waals surface area contributed by atoms with Crippen LogP contribution in [0, 0.1) is 45.5 Å². The number of rotatable bonds is 0. The fraction of sp³-hybridized carbons (Fsp3) is 0. The molecule has 0 amide bonds. The van der Waals surface area contributed by atoms with E-state index in [1.807, 2.05) is 0 Å². The Hall–Kier alpha value is 1.41. The quantitative estimate of drug-likeness (QED) is 0.560. The molecule has 0 saturated carbocycles. The molecule has 8 heteroatoms. The van der Waals surface area contributed by atoms with Gasteiger partial charge in [-0.15, -0.1) is 0 Å². The average Bonchev–Trinajstić information content (AvgIpc) is 0.592. The Morgan fingerprint density at radius 1 is 0.625 bits per heavy atom. The summed E-state index contributed by atoms with van der Waals surface area (Å²) in [6, 6.07) is 0. The van der Waals surface area contributed by atoms with Gasteiger partial charge in [0.1, 0.15) is 0 Å². The molecule has 8 heavy (non-hydrogen) atoms. The van der Waals surface area contributed by atoms with Gasteiger partial charge < -0.3 is 0 Å². The number of halogens is 6.